The van der Waals surface area contributed by atoms with Gasteiger partial charge in [-0.05, 0) is 34.7 Å². The van der Waals surface area contributed by atoms with Crippen LogP contribution in [-0.2, 0) is 59.6 Å². The minimum absolute atomic E-state index is 0.109. The first-order valence-corrected chi connectivity index (χ1v) is 19.3. The molecule has 2 aliphatic heterocycles. The summed E-state index contributed by atoms with van der Waals surface area (Å²) in [5.74, 6) is -0.597. The van der Waals surface area contributed by atoms with Gasteiger partial charge in [0.2, 0.25) is 0 Å². The van der Waals surface area contributed by atoms with E-state index in [0.29, 0.717) is 12.2 Å². The Hall–Kier alpha value is -5.62. The number of esters is 1. The molecule has 0 radical (unpaired) electrons. The third-order valence-electron chi connectivity index (χ3n) is 9.90. The van der Waals surface area contributed by atoms with Gasteiger partial charge in [-0.25, -0.2) is 9.59 Å². The van der Waals surface area contributed by atoms with Crippen LogP contribution in [0.3, 0.4) is 0 Å². The largest absolute Gasteiger partial charge is 0.463 e. The number of carbonyl (C=O) groups excluding carboxylic acids is 2. The van der Waals surface area contributed by atoms with E-state index in [1.54, 1.807) is 6.92 Å². The lowest BCUT2D eigenvalue weighted by Gasteiger charge is -2.48. The topological polar surface area (TPSA) is 114 Å². The van der Waals surface area contributed by atoms with Gasteiger partial charge in [0, 0.05) is 0 Å². The van der Waals surface area contributed by atoms with Crippen LogP contribution in [0.5, 0.6) is 0 Å². The van der Waals surface area contributed by atoms with Crippen LogP contribution in [0.25, 0.3) is 0 Å². The van der Waals surface area contributed by atoms with Crippen molar-refractivity contribution in [3.05, 3.63) is 191 Å². The number of urea groups is 1. The fourth-order valence-corrected chi connectivity index (χ4v) is 7.16. The number of ether oxygens (including phenoxy) is 6. The number of nitrogens with one attached hydrogen (secondary N) is 2. The lowest BCUT2D eigenvalue weighted by Crippen LogP contribution is -2.64. The van der Waals surface area contributed by atoms with Gasteiger partial charge in [0.25, 0.3) is 0 Å². The van der Waals surface area contributed by atoms with Crippen LogP contribution in [0.1, 0.15) is 40.8 Å². The lowest BCUT2D eigenvalue weighted by molar-refractivity contribution is -0.266. The van der Waals surface area contributed by atoms with Crippen LogP contribution in [0.15, 0.2) is 163 Å². The molecular formula is C47H48N2O8. The Labute approximate surface area is 333 Å². The number of rotatable bonds is 17. The number of hydrogen-bond donors (Lipinski definition) is 2. The average Bonchev–Trinajstić information content (AvgIpc) is 3.26. The van der Waals surface area contributed by atoms with Crippen LogP contribution in [-0.4, -0.2) is 55.7 Å². The molecule has 0 spiro atoms. The van der Waals surface area contributed by atoms with Crippen molar-refractivity contribution >= 4 is 12.0 Å². The van der Waals surface area contributed by atoms with E-state index in [1.807, 2.05) is 152 Å². The molecule has 0 aromatic heterocycles. The maximum absolute atomic E-state index is 14.1. The Morgan fingerprint density at radius 1 is 0.596 bits per heavy atom. The van der Waals surface area contributed by atoms with Crippen molar-refractivity contribution in [1.82, 2.24) is 10.6 Å². The second-order valence-electron chi connectivity index (χ2n) is 13.9. The molecule has 57 heavy (non-hydrogen) atoms. The fourth-order valence-electron chi connectivity index (χ4n) is 7.16. The van der Waals surface area contributed by atoms with Gasteiger partial charge in [-0.1, -0.05) is 152 Å². The van der Waals surface area contributed by atoms with Crippen LogP contribution in [0.4, 0.5) is 4.79 Å². The summed E-state index contributed by atoms with van der Waals surface area (Å²) in [6.45, 7) is 2.99. The smallest absolute Gasteiger partial charge is 0.338 e. The highest BCUT2D eigenvalue weighted by Crippen LogP contribution is 2.38. The molecule has 2 heterocycles. The van der Waals surface area contributed by atoms with Crippen molar-refractivity contribution in [2.45, 2.75) is 69.9 Å². The molecule has 0 saturated carbocycles. The van der Waals surface area contributed by atoms with Crippen molar-refractivity contribution < 1.29 is 38.0 Å². The molecule has 5 aromatic rings. The van der Waals surface area contributed by atoms with Crippen molar-refractivity contribution in [2.75, 3.05) is 13.2 Å². The Morgan fingerprint density at radius 3 is 1.56 bits per heavy atom. The molecule has 0 unspecified atom stereocenters. The fraction of sp³-hybridized carbons (Fsp3) is 0.277. The van der Waals surface area contributed by atoms with E-state index in [1.165, 1.54) is 0 Å². The van der Waals surface area contributed by atoms with E-state index >= 15 is 0 Å². The SMILES string of the molecule is CCOC(=O)C1=C([C@@H]2O[C@H](COCc3ccccc3)[C@H](OCc3ccccc3)[C@H](OCc3ccccc3)[C@H]2OCc2ccccc2)NC(=O)N[C@H]1c1ccccc1. The molecule has 6 atom stereocenters. The van der Waals surface area contributed by atoms with Crippen molar-refractivity contribution in [3.8, 4) is 0 Å². The van der Waals surface area contributed by atoms with Crippen molar-refractivity contribution in [1.29, 1.82) is 0 Å². The zero-order valence-corrected chi connectivity index (χ0v) is 31.9. The highest BCUT2D eigenvalue weighted by Gasteiger charge is 2.52. The quantitative estimate of drug-likeness (QED) is 0.0931. The lowest BCUT2D eigenvalue weighted by atomic mass is 9.87. The highest BCUT2D eigenvalue weighted by molar-refractivity contribution is 5.95. The molecule has 1 fully saturated rings. The van der Waals surface area contributed by atoms with E-state index in [2.05, 4.69) is 10.6 Å². The third kappa shape index (κ3) is 10.4. The van der Waals surface area contributed by atoms with Gasteiger partial charge >= 0.3 is 12.0 Å². The van der Waals surface area contributed by atoms with Crippen LogP contribution < -0.4 is 10.6 Å². The molecule has 0 bridgehead atoms. The van der Waals surface area contributed by atoms with E-state index in [4.69, 9.17) is 28.4 Å². The van der Waals surface area contributed by atoms with Gasteiger partial charge in [-0.3, -0.25) is 0 Å². The van der Waals surface area contributed by atoms with E-state index in [-0.39, 0.29) is 44.3 Å². The minimum Gasteiger partial charge on any atom is -0.463 e. The number of hydrogen-bond acceptors (Lipinski definition) is 8. The number of carbonyl (C=O) groups is 2. The van der Waals surface area contributed by atoms with Crippen molar-refractivity contribution in [2.24, 2.45) is 0 Å². The maximum Gasteiger partial charge on any atom is 0.338 e. The Bertz CT molecular complexity index is 2030. The van der Waals surface area contributed by atoms with Gasteiger partial charge < -0.3 is 39.1 Å². The monoisotopic (exact) mass is 768 g/mol. The summed E-state index contributed by atoms with van der Waals surface area (Å²) in [7, 11) is 0. The normalized spacial score (nSPS) is 22.0. The predicted molar refractivity (Wildman–Crippen MR) is 214 cm³/mol. The summed E-state index contributed by atoms with van der Waals surface area (Å²) in [4.78, 5) is 27.8. The second kappa shape index (κ2) is 20.0. The minimum atomic E-state index is -1.03. The molecule has 0 aliphatic carbocycles. The summed E-state index contributed by atoms with van der Waals surface area (Å²) in [6, 6.07) is 47.4. The molecular weight excluding hydrogens is 721 g/mol. The molecule has 2 aliphatic rings. The summed E-state index contributed by atoms with van der Waals surface area (Å²) in [6.07, 6.45) is -4.16. The van der Waals surface area contributed by atoms with E-state index in [0.717, 1.165) is 22.3 Å². The maximum atomic E-state index is 14.1. The standard InChI is InChI=1S/C47H48N2O8/c1-2-53-46(50)39-40(37-26-16-7-17-27-37)48-47(51)49-41(39)43-45(56-31-36-24-14-6-15-25-36)44(55-30-35-22-12-5-13-23-35)42(54-29-34-20-10-4-11-21-34)38(57-43)32-52-28-33-18-8-3-9-19-33/h3-27,38,40,42-45H,2,28-32H2,1H3,(H2,48,49,51)/t38-,40+,42+,43+,44+,45+/m1/s1. The summed E-state index contributed by atoms with van der Waals surface area (Å²) in [5.41, 5.74) is 4.97. The number of benzene rings is 5. The molecule has 2 amide bonds. The highest BCUT2D eigenvalue weighted by atomic mass is 16.6. The molecule has 10 heteroatoms. The third-order valence-corrected chi connectivity index (χ3v) is 9.90. The van der Waals surface area contributed by atoms with Gasteiger partial charge in [-0.15, -0.1) is 0 Å². The average molecular weight is 769 g/mol. The Balaban J connectivity index is 1.34. The predicted octanol–water partition coefficient (Wildman–Crippen LogP) is 7.60. The van der Waals surface area contributed by atoms with Crippen molar-refractivity contribution in [3.63, 3.8) is 0 Å². The first kappa shape index (κ1) is 39.6. The van der Waals surface area contributed by atoms with Gasteiger partial charge in [0.05, 0.1) is 57.0 Å². The molecule has 7 rings (SSSR count). The molecule has 294 valence electrons. The summed E-state index contributed by atoms with van der Waals surface area (Å²) in [5, 5.41) is 5.91. The number of amides is 2. The Morgan fingerprint density at radius 2 is 1.05 bits per heavy atom. The first-order valence-electron chi connectivity index (χ1n) is 19.3. The zero-order chi connectivity index (χ0) is 39.2. The van der Waals surface area contributed by atoms with Gasteiger partial charge in [0.15, 0.2) is 0 Å². The van der Waals surface area contributed by atoms with Crippen LogP contribution in [0, 0.1) is 0 Å². The second-order valence-corrected chi connectivity index (χ2v) is 13.9. The van der Waals surface area contributed by atoms with E-state index in [9.17, 15) is 9.59 Å². The van der Waals surface area contributed by atoms with E-state index < -0.39 is 48.6 Å². The first-order chi connectivity index (χ1) is 28.1. The molecule has 5 aromatic carbocycles. The zero-order valence-electron chi connectivity index (χ0n) is 31.9. The van der Waals surface area contributed by atoms with Gasteiger partial charge in [0.1, 0.15) is 30.5 Å². The van der Waals surface area contributed by atoms with Crippen LogP contribution in [0.2, 0.25) is 0 Å². The molecule has 2 N–H and O–H groups in total. The van der Waals surface area contributed by atoms with Gasteiger partial charge in [-0.2, -0.15) is 0 Å². The summed E-state index contributed by atoms with van der Waals surface area (Å²) < 4.78 is 39.7. The summed E-state index contributed by atoms with van der Waals surface area (Å²) >= 11 is 0. The van der Waals surface area contributed by atoms with Crippen LogP contribution >= 0.6 is 0 Å². The Kier molecular flexibility index (Phi) is 13.9. The molecule has 1 saturated heterocycles. The molecule has 10 nitrogen and oxygen atoms in total.